The summed E-state index contributed by atoms with van der Waals surface area (Å²) in [7, 11) is 0. The molecule has 248 valence electrons. The zero-order valence-corrected chi connectivity index (χ0v) is 29.0. The van der Waals surface area contributed by atoms with Crippen molar-refractivity contribution in [2.24, 2.45) is 0 Å². The van der Waals surface area contributed by atoms with E-state index in [1.54, 1.807) is 0 Å². The average molecular weight is 688 g/mol. The first-order valence-electron chi connectivity index (χ1n) is 14.0. The van der Waals surface area contributed by atoms with Crippen LogP contribution in [-0.4, -0.2) is 146 Å². The fourth-order valence-corrected chi connectivity index (χ4v) is 32.2. The van der Waals surface area contributed by atoms with Gasteiger partial charge in [0.05, 0.1) is 0 Å². The molecule has 0 aliphatic carbocycles. The van der Waals surface area contributed by atoms with E-state index < -0.39 is 106 Å². The predicted octanol–water partition coefficient (Wildman–Crippen LogP) is -2.87. The number of nitrogens with zero attached hydrogens (tertiary/aromatic N) is 4. The van der Waals surface area contributed by atoms with Gasteiger partial charge in [-0.25, -0.2) is 0 Å². The molecule has 0 aromatic heterocycles. The summed E-state index contributed by atoms with van der Waals surface area (Å²) in [6.45, 7) is 13.6. The Morgan fingerprint density at radius 1 is 0.244 bits per heavy atom. The van der Waals surface area contributed by atoms with E-state index in [9.17, 15) is 61.3 Å². The molecule has 0 aliphatic heterocycles. The standard InChI is InChI=1S/4C6H15NO3.Zr/c4*1-4(8)7(5(2)9)6(3)10;/h4*4-6,8-10H,1-3H3;/q;;;;+4. The van der Waals surface area contributed by atoms with Crippen LogP contribution in [0.25, 0.3) is 0 Å². The molecule has 0 aromatic carbocycles. The fraction of sp³-hybridized carbons (Fsp3) is 1.00. The van der Waals surface area contributed by atoms with Gasteiger partial charge < -0.3 is 0 Å². The molecule has 0 saturated carbocycles. The van der Waals surface area contributed by atoms with Crippen LogP contribution in [0.3, 0.4) is 0 Å². The van der Waals surface area contributed by atoms with Gasteiger partial charge in [0, 0.05) is 0 Å². The molecule has 12 N–H and O–H groups in total. The summed E-state index contributed by atoms with van der Waals surface area (Å²) in [6, 6.07) is 0. The van der Waals surface area contributed by atoms with E-state index >= 15 is 0 Å². The van der Waals surface area contributed by atoms with Crippen LogP contribution < -0.4 is 0 Å². The van der Waals surface area contributed by atoms with Crippen molar-refractivity contribution in [3.05, 3.63) is 0 Å². The van der Waals surface area contributed by atoms with E-state index in [2.05, 4.69) is 0 Å². The van der Waals surface area contributed by atoms with Gasteiger partial charge in [-0.3, -0.25) is 0 Å². The Kier molecular flexibility index (Phi) is 14.2. The number of aliphatic hydroxyl groups excluding tert-OH is 12. The molecule has 0 heterocycles. The first-order chi connectivity index (χ1) is 18.3. The number of quaternary nitrogens is 4. The summed E-state index contributed by atoms with van der Waals surface area (Å²) in [5, 5.41) is 142. The van der Waals surface area contributed by atoms with Gasteiger partial charge in [0.25, 0.3) is 0 Å². The summed E-state index contributed by atoms with van der Waals surface area (Å²) in [5.41, 5.74) is 0. The summed E-state index contributed by atoms with van der Waals surface area (Å²) >= 11 is -7.30. The topological polar surface area (TPSA) is 243 Å². The second-order valence-electron chi connectivity index (χ2n) is 11.5. The maximum absolute atomic E-state index is 11.8. The minimum atomic E-state index is -7.30. The zero-order chi connectivity index (χ0) is 33.4. The molecule has 0 spiro atoms. The maximum atomic E-state index is 11.8. The quantitative estimate of drug-likeness (QED) is 0.0733. The van der Waals surface area contributed by atoms with Gasteiger partial charge >= 0.3 is 250 Å². The first-order valence-corrected chi connectivity index (χ1v) is 18.4. The van der Waals surface area contributed by atoms with Crippen LogP contribution in [0.2, 0.25) is 0 Å². The molecule has 0 amide bonds. The van der Waals surface area contributed by atoms with Crippen molar-refractivity contribution in [1.29, 1.82) is 0 Å². The Balaban J connectivity index is 10.5. The number of rotatable bonds is 16. The third-order valence-corrected chi connectivity index (χ3v) is 30.7. The molecule has 12 unspecified atom stereocenters. The Morgan fingerprint density at radius 3 is 0.366 bits per heavy atom. The van der Waals surface area contributed by atoms with Gasteiger partial charge in [0.1, 0.15) is 0 Å². The van der Waals surface area contributed by atoms with Crippen LogP contribution in [0.15, 0.2) is 0 Å². The summed E-state index contributed by atoms with van der Waals surface area (Å²) in [5.74, 6) is 0. The molecule has 0 aliphatic rings. The average Bonchev–Trinajstić information content (AvgIpc) is 2.71. The van der Waals surface area contributed by atoms with E-state index in [-0.39, 0.29) is 0 Å². The molecule has 12 atom stereocenters. The van der Waals surface area contributed by atoms with Crippen molar-refractivity contribution < 1.29 is 92.4 Å². The van der Waals surface area contributed by atoms with E-state index in [0.29, 0.717) is 0 Å². The van der Waals surface area contributed by atoms with Crippen molar-refractivity contribution in [2.75, 3.05) is 0 Å². The second-order valence-corrected chi connectivity index (χ2v) is 22.1. The van der Waals surface area contributed by atoms with Gasteiger partial charge in [-0.2, -0.15) is 0 Å². The Labute approximate surface area is 249 Å². The zero-order valence-electron chi connectivity index (χ0n) is 26.6. The van der Waals surface area contributed by atoms with Gasteiger partial charge in [-0.1, -0.05) is 0 Å². The van der Waals surface area contributed by atoms with Gasteiger partial charge in [-0.05, 0) is 0 Å². The summed E-state index contributed by atoms with van der Waals surface area (Å²) in [4.78, 5) is 0. The number of hydrogen-bond donors (Lipinski definition) is 12. The Morgan fingerprint density at radius 2 is 0.317 bits per heavy atom. The normalized spacial score (nSPS) is 29.3. The Bertz CT molecular complexity index is 602. The van der Waals surface area contributed by atoms with Gasteiger partial charge in [0.15, 0.2) is 0 Å². The van der Waals surface area contributed by atoms with E-state index in [1.165, 1.54) is 0 Å². The van der Waals surface area contributed by atoms with E-state index in [0.717, 1.165) is 83.1 Å². The summed E-state index contributed by atoms with van der Waals surface area (Å²) < 4.78 is -5.90. The van der Waals surface area contributed by atoms with E-state index in [4.69, 9.17) is 0 Å². The molecule has 0 bridgehead atoms. The second kappa shape index (κ2) is 14.1. The minimum absolute atomic E-state index is 1.13. The third kappa shape index (κ3) is 5.02. The van der Waals surface area contributed by atoms with Crippen LogP contribution in [0, 0.1) is 0 Å². The SMILES string of the molecule is CC(O)[N+](C(C)O)(C(C)O)[Zr]([N+](C(C)O)(C(C)O)C(C)O)([N+](C(C)O)(C(C)O)C(C)O)[N+](C(C)O)(C(C)O)C(C)O. The van der Waals surface area contributed by atoms with Gasteiger partial charge in [-0.15, -0.1) is 0 Å². The van der Waals surface area contributed by atoms with Crippen LogP contribution in [-0.2, 0) is 21.4 Å². The van der Waals surface area contributed by atoms with E-state index in [1.807, 2.05) is 0 Å². The molecule has 0 radical (unpaired) electrons. The van der Waals surface area contributed by atoms with Crippen molar-refractivity contribution >= 4 is 0 Å². The molecule has 0 rings (SSSR count). The molecular formula is C24H60N4O12Zr+4. The van der Waals surface area contributed by atoms with Crippen molar-refractivity contribution in [3.63, 3.8) is 0 Å². The van der Waals surface area contributed by atoms with Crippen LogP contribution in [0.1, 0.15) is 83.1 Å². The molecule has 0 aromatic rings. The first kappa shape index (κ1) is 41.2. The molecular weight excluding hydrogens is 628 g/mol. The van der Waals surface area contributed by atoms with Crippen LogP contribution in [0.4, 0.5) is 0 Å². The van der Waals surface area contributed by atoms with Crippen molar-refractivity contribution in [1.82, 2.24) is 0 Å². The number of hydrogen-bond acceptors (Lipinski definition) is 12. The molecule has 0 saturated heterocycles. The third-order valence-electron chi connectivity index (χ3n) is 9.50. The van der Waals surface area contributed by atoms with Gasteiger partial charge in [0.2, 0.25) is 0 Å². The molecule has 41 heavy (non-hydrogen) atoms. The van der Waals surface area contributed by atoms with Crippen LogP contribution >= 0.6 is 0 Å². The van der Waals surface area contributed by atoms with Crippen molar-refractivity contribution in [3.8, 4) is 0 Å². The van der Waals surface area contributed by atoms with Crippen molar-refractivity contribution in [2.45, 2.75) is 158 Å². The fourth-order valence-electron chi connectivity index (χ4n) is 8.55. The molecule has 17 heteroatoms. The molecule has 0 fully saturated rings. The van der Waals surface area contributed by atoms with Crippen LogP contribution in [0.5, 0.6) is 0 Å². The summed E-state index contributed by atoms with van der Waals surface area (Å²) in [6.07, 6.45) is -23.6. The monoisotopic (exact) mass is 686 g/mol. The molecule has 16 nitrogen and oxygen atoms in total. The Hall–Kier alpha value is 0.243. The number of aliphatic hydroxyl groups is 12. The predicted molar refractivity (Wildman–Crippen MR) is 141 cm³/mol.